The third-order valence-corrected chi connectivity index (χ3v) is 3.61. The molecule has 1 N–H and O–H groups in total. The Morgan fingerprint density at radius 3 is 2.71 bits per heavy atom. The third kappa shape index (κ3) is 3.08. The van der Waals surface area contributed by atoms with Crippen LogP contribution in [-0.2, 0) is 16.6 Å². The van der Waals surface area contributed by atoms with Crippen molar-refractivity contribution in [3.8, 4) is 0 Å². The van der Waals surface area contributed by atoms with Crippen LogP contribution in [-0.4, -0.2) is 18.7 Å². The molecule has 0 aliphatic carbocycles. The van der Waals surface area contributed by atoms with Crippen molar-refractivity contribution < 1.29 is 8.42 Å². The summed E-state index contributed by atoms with van der Waals surface area (Å²) in [6, 6.07) is 3.61. The molecule has 4 nitrogen and oxygen atoms in total. The Kier molecular flexibility index (Phi) is 3.60. The summed E-state index contributed by atoms with van der Waals surface area (Å²) in [5, 5.41) is -0.404. The Morgan fingerprint density at radius 2 is 2.21 bits per heavy atom. The molecule has 0 spiro atoms. The van der Waals surface area contributed by atoms with Crippen LogP contribution in [0.25, 0.3) is 0 Å². The van der Waals surface area contributed by atoms with Crippen molar-refractivity contribution >= 4 is 10.0 Å². The van der Waals surface area contributed by atoms with E-state index in [-0.39, 0.29) is 0 Å². The van der Waals surface area contributed by atoms with Gasteiger partial charge in [0, 0.05) is 18.9 Å². The fourth-order valence-corrected chi connectivity index (χ4v) is 1.55. The normalized spacial score (nSPS) is 11.9. The molecular weight excluding hydrogens is 200 g/mol. The lowest BCUT2D eigenvalue weighted by molar-refractivity contribution is 0.572. The lowest BCUT2D eigenvalue weighted by Crippen LogP contribution is -2.30. The van der Waals surface area contributed by atoms with Gasteiger partial charge in [-0.1, -0.05) is 6.07 Å². The number of sulfonamides is 1. The minimum Gasteiger partial charge on any atom is -0.264 e. The van der Waals surface area contributed by atoms with Crippen LogP contribution in [0.1, 0.15) is 19.4 Å². The standard InChI is InChI=1S/C9H14N2O2S/c1-8(2)14(12,13)11-7-9-4-3-5-10-6-9/h3-6,8,11H,7H2,1-2H3. The Morgan fingerprint density at radius 1 is 1.50 bits per heavy atom. The van der Waals surface area contributed by atoms with Crippen molar-refractivity contribution in [3.63, 3.8) is 0 Å². The highest BCUT2D eigenvalue weighted by Crippen LogP contribution is 2.00. The van der Waals surface area contributed by atoms with Crippen LogP contribution in [0.15, 0.2) is 24.5 Å². The first-order valence-electron chi connectivity index (χ1n) is 4.40. The average Bonchev–Trinajstić information content (AvgIpc) is 2.16. The van der Waals surface area contributed by atoms with Gasteiger partial charge in [-0.15, -0.1) is 0 Å². The molecule has 1 aromatic heterocycles. The zero-order valence-electron chi connectivity index (χ0n) is 8.27. The molecule has 0 aromatic carbocycles. The predicted octanol–water partition coefficient (Wildman–Crippen LogP) is 0.909. The number of nitrogens with one attached hydrogen (secondary N) is 1. The van der Waals surface area contributed by atoms with E-state index < -0.39 is 15.3 Å². The minimum absolute atomic E-state index is 0.300. The fourth-order valence-electron chi connectivity index (χ4n) is 0.853. The summed E-state index contributed by atoms with van der Waals surface area (Å²) in [4.78, 5) is 3.90. The highest BCUT2D eigenvalue weighted by molar-refractivity contribution is 7.90. The molecule has 0 amide bonds. The van der Waals surface area contributed by atoms with Crippen molar-refractivity contribution in [1.82, 2.24) is 9.71 Å². The lowest BCUT2D eigenvalue weighted by atomic mass is 10.3. The zero-order chi connectivity index (χ0) is 10.6. The summed E-state index contributed by atoms with van der Waals surface area (Å²) in [5.41, 5.74) is 0.858. The molecule has 0 saturated carbocycles. The van der Waals surface area contributed by atoms with E-state index in [0.29, 0.717) is 6.54 Å². The van der Waals surface area contributed by atoms with E-state index in [2.05, 4.69) is 9.71 Å². The third-order valence-electron chi connectivity index (χ3n) is 1.82. The van der Waals surface area contributed by atoms with Gasteiger partial charge in [-0.05, 0) is 25.5 Å². The second kappa shape index (κ2) is 4.52. The molecular formula is C9H14N2O2S. The smallest absolute Gasteiger partial charge is 0.214 e. The first kappa shape index (κ1) is 11.1. The molecule has 1 aromatic rings. The van der Waals surface area contributed by atoms with Gasteiger partial charge in [0.2, 0.25) is 10.0 Å². The number of rotatable bonds is 4. The second-order valence-electron chi connectivity index (χ2n) is 3.28. The lowest BCUT2D eigenvalue weighted by Gasteiger charge is -2.08. The maximum absolute atomic E-state index is 11.4. The van der Waals surface area contributed by atoms with Crippen molar-refractivity contribution in [2.24, 2.45) is 0 Å². The number of hydrogen-bond donors (Lipinski definition) is 1. The van der Waals surface area contributed by atoms with E-state index in [1.165, 1.54) is 0 Å². The van der Waals surface area contributed by atoms with Gasteiger partial charge in [0.1, 0.15) is 0 Å². The van der Waals surface area contributed by atoms with Gasteiger partial charge < -0.3 is 0 Å². The molecule has 5 heteroatoms. The van der Waals surface area contributed by atoms with Gasteiger partial charge in [0.05, 0.1) is 5.25 Å². The van der Waals surface area contributed by atoms with Gasteiger partial charge in [0.15, 0.2) is 0 Å². The summed E-state index contributed by atoms with van der Waals surface area (Å²) in [5.74, 6) is 0. The van der Waals surface area contributed by atoms with Gasteiger partial charge in [-0.3, -0.25) is 4.98 Å². The van der Waals surface area contributed by atoms with Crippen LogP contribution < -0.4 is 4.72 Å². The van der Waals surface area contributed by atoms with E-state index in [4.69, 9.17) is 0 Å². The van der Waals surface area contributed by atoms with Crippen LogP contribution >= 0.6 is 0 Å². The van der Waals surface area contributed by atoms with Crippen molar-refractivity contribution in [2.45, 2.75) is 25.6 Å². The molecule has 0 unspecified atom stereocenters. The summed E-state index contributed by atoms with van der Waals surface area (Å²) in [7, 11) is -3.17. The highest BCUT2D eigenvalue weighted by atomic mass is 32.2. The number of nitrogens with zero attached hydrogens (tertiary/aromatic N) is 1. The molecule has 0 radical (unpaired) electrons. The van der Waals surface area contributed by atoms with Gasteiger partial charge in [-0.2, -0.15) is 0 Å². The highest BCUT2D eigenvalue weighted by Gasteiger charge is 2.14. The predicted molar refractivity (Wildman–Crippen MR) is 55.1 cm³/mol. The monoisotopic (exact) mass is 214 g/mol. The van der Waals surface area contributed by atoms with Gasteiger partial charge in [0.25, 0.3) is 0 Å². The summed E-state index contributed by atoms with van der Waals surface area (Å²) in [6.07, 6.45) is 3.29. The van der Waals surface area contributed by atoms with Crippen LogP contribution in [0.5, 0.6) is 0 Å². The Bertz CT molecular complexity index is 373. The SMILES string of the molecule is CC(C)S(=O)(=O)NCc1cccnc1. The molecule has 78 valence electrons. The molecule has 1 heterocycles. The maximum Gasteiger partial charge on any atom is 0.214 e. The van der Waals surface area contributed by atoms with Crippen molar-refractivity contribution in [3.05, 3.63) is 30.1 Å². The van der Waals surface area contributed by atoms with Crippen LogP contribution in [0.3, 0.4) is 0 Å². The van der Waals surface area contributed by atoms with E-state index in [1.54, 1.807) is 32.3 Å². The number of aromatic nitrogens is 1. The van der Waals surface area contributed by atoms with Gasteiger partial charge in [-0.25, -0.2) is 13.1 Å². The first-order chi connectivity index (χ1) is 6.52. The Hall–Kier alpha value is -0.940. The topological polar surface area (TPSA) is 59.1 Å². The Balaban J connectivity index is 2.58. The second-order valence-corrected chi connectivity index (χ2v) is 5.60. The molecule has 14 heavy (non-hydrogen) atoms. The quantitative estimate of drug-likeness (QED) is 0.810. The van der Waals surface area contributed by atoms with Gasteiger partial charge >= 0.3 is 0 Å². The minimum atomic E-state index is -3.17. The largest absolute Gasteiger partial charge is 0.264 e. The Labute approximate surface area is 84.4 Å². The van der Waals surface area contributed by atoms with Crippen molar-refractivity contribution in [1.29, 1.82) is 0 Å². The van der Waals surface area contributed by atoms with Crippen LogP contribution in [0.4, 0.5) is 0 Å². The molecule has 0 fully saturated rings. The van der Waals surface area contributed by atoms with Crippen molar-refractivity contribution in [2.75, 3.05) is 0 Å². The van der Waals surface area contributed by atoms with E-state index in [9.17, 15) is 8.42 Å². The van der Waals surface area contributed by atoms with Crippen LogP contribution in [0, 0.1) is 0 Å². The summed E-state index contributed by atoms with van der Waals surface area (Å²) >= 11 is 0. The molecule has 0 saturated heterocycles. The molecule has 0 aliphatic rings. The average molecular weight is 214 g/mol. The van der Waals surface area contributed by atoms with E-state index in [0.717, 1.165) is 5.56 Å². The van der Waals surface area contributed by atoms with Crippen LogP contribution in [0.2, 0.25) is 0 Å². The molecule has 1 rings (SSSR count). The van der Waals surface area contributed by atoms with E-state index >= 15 is 0 Å². The summed E-state index contributed by atoms with van der Waals surface area (Å²) in [6.45, 7) is 3.59. The molecule has 0 aliphatic heterocycles. The molecule has 0 atom stereocenters. The first-order valence-corrected chi connectivity index (χ1v) is 5.94. The maximum atomic E-state index is 11.4. The zero-order valence-corrected chi connectivity index (χ0v) is 9.08. The number of pyridine rings is 1. The summed E-state index contributed by atoms with van der Waals surface area (Å²) < 4.78 is 25.3. The fraction of sp³-hybridized carbons (Fsp3) is 0.444. The number of hydrogen-bond acceptors (Lipinski definition) is 3. The van der Waals surface area contributed by atoms with E-state index in [1.807, 2.05) is 6.07 Å². The molecule has 0 bridgehead atoms.